The van der Waals surface area contributed by atoms with Gasteiger partial charge in [-0.25, -0.2) is 15.0 Å². The fourth-order valence-electron chi connectivity index (χ4n) is 2.91. The van der Waals surface area contributed by atoms with Gasteiger partial charge in [0.2, 0.25) is 0 Å². The molecule has 7 heteroatoms. The molecule has 126 valence electrons. The van der Waals surface area contributed by atoms with E-state index < -0.39 is 5.54 Å². The van der Waals surface area contributed by atoms with E-state index in [2.05, 4.69) is 21.9 Å². The van der Waals surface area contributed by atoms with Gasteiger partial charge in [-0.1, -0.05) is 6.92 Å². The van der Waals surface area contributed by atoms with Gasteiger partial charge in [-0.2, -0.15) is 0 Å². The summed E-state index contributed by atoms with van der Waals surface area (Å²) in [6.45, 7) is 2.27. The molecule has 0 radical (unpaired) electrons. The van der Waals surface area contributed by atoms with Gasteiger partial charge in [-0.3, -0.25) is 0 Å². The highest BCUT2D eigenvalue weighted by molar-refractivity contribution is 5.04. The summed E-state index contributed by atoms with van der Waals surface area (Å²) in [6.07, 6.45) is 5.95. The molecule has 0 aliphatic heterocycles. The summed E-state index contributed by atoms with van der Waals surface area (Å²) in [5.74, 6) is 0.993. The molecule has 0 fully saturated rings. The summed E-state index contributed by atoms with van der Waals surface area (Å²) >= 11 is 0. The monoisotopic (exact) mass is 312 g/mol. The van der Waals surface area contributed by atoms with E-state index >= 15 is 0 Å². The topological polar surface area (TPSA) is 125 Å². The minimum Gasteiger partial charge on any atom is -0.396 e. The number of nitrogens with two attached hydrogens (primary N) is 1. The van der Waals surface area contributed by atoms with E-state index in [0.29, 0.717) is 31.0 Å². The van der Waals surface area contributed by atoms with Crippen LogP contribution in [0, 0.1) is 11.8 Å². The smallest absolute Gasteiger partial charge is 0.151 e. The number of hydrogen-bond acceptors (Lipinski definition) is 7. The Balaban J connectivity index is 2.84. The molecule has 22 heavy (non-hydrogen) atoms. The molecule has 0 aliphatic rings. The molecule has 5 N–H and O–H groups in total. The van der Waals surface area contributed by atoms with Crippen molar-refractivity contribution < 1.29 is 15.3 Å². The average molecular weight is 312 g/mol. The van der Waals surface area contributed by atoms with Crippen molar-refractivity contribution in [2.75, 3.05) is 19.8 Å². The van der Waals surface area contributed by atoms with E-state index in [0.717, 1.165) is 12.8 Å². The molecule has 3 unspecified atom stereocenters. The third-order valence-corrected chi connectivity index (χ3v) is 4.04. The highest BCUT2D eigenvalue weighted by Crippen LogP contribution is 2.32. The van der Waals surface area contributed by atoms with Crippen molar-refractivity contribution in [3.8, 4) is 0 Å². The maximum atomic E-state index is 9.34. The third-order valence-electron chi connectivity index (χ3n) is 4.04. The van der Waals surface area contributed by atoms with Crippen molar-refractivity contribution in [3.05, 3.63) is 18.5 Å². The van der Waals surface area contributed by atoms with Gasteiger partial charge in [0.15, 0.2) is 5.82 Å². The zero-order valence-corrected chi connectivity index (χ0v) is 13.2. The zero-order chi connectivity index (χ0) is 16.4. The molecule has 1 aromatic heterocycles. The fourth-order valence-corrected chi connectivity index (χ4v) is 2.91. The SMILES string of the molecule is CC(CCO)CC(CCO)CC(N)(CCO)c1ncncn1. The van der Waals surface area contributed by atoms with Crippen molar-refractivity contribution in [2.45, 2.75) is 44.6 Å². The van der Waals surface area contributed by atoms with Gasteiger partial charge in [0.1, 0.15) is 12.7 Å². The molecule has 3 atom stereocenters. The van der Waals surface area contributed by atoms with Crippen LogP contribution in [0.2, 0.25) is 0 Å². The number of aromatic nitrogens is 3. The highest BCUT2D eigenvalue weighted by Gasteiger charge is 2.33. The lowest BCUT2D eigenvalue weighted by Gasteiger charge is -2.32. The summed E-state index contributed by atoms with van der Waals surface area (Å²) in [5, 5.41) is 27.7. The molecule has 0 amide bonds. The molecular formula is C15H28N4O3. The van der Waals surface area contributed by atoms with Crippen LogP contribution in [0.15, 0.2) is 12.7 Å². The minimum atomic E-state index is -0.837. The lowest BCUT2D eigenvalue weighted by Crippen LogP contribution is -2.42. The van der Waals surface area contributed by atoms with Crippen LogP contribution in [0.1, 0.15) is 44.9 Å². The van der Waals surface area contributed by atoms with Gasteiger partial charge in [-0.05, 0) is 43.9 Å². The first kappa shape index (κ1) is 18.9. The van der Waals surface area contributed by atoms with Crippen LogP contribution in [0.5, 0.6) is 0 Å². The molecule has 0 bridgehead atoms. The Bertz CT molecular complexity index is 407. The standard InChI is InChI=1S/C15H28N4O3/c1-12(2-5-20)8-13(3-6-21)9-15(16,4-7-22)14-18-10-17-11-19-14/h10-13,20-22H,2-9,16H2,1H3. The molecule has 1 aromatic rings. The average Bonchev–Trinajstić information content (AvgIpc) is 2.49. The molecule has 0 aliphatic carbocycles. The van der Waals surface area contributed by atoms with Crippen molar-refractivity contribution >= 4 is 0 Å². The Morgan fingerprint density at radius 2 is 1.73 bits per heavy atom. The van der Waals surface area contributed by atoms with E-state index in [1.54, 1.807) is 0 Å². The lowest BCUT2D eigenvalue weighted by molar-refractivity contribution is 0.166. The number of aliphatic hydroxyl groups excluding tert-OH is 3. The second-order valence-corrected chi connectivity index (χ2v) is 6.03. The Labute approximate surface area is 131 Å². The fraction of sp³-hybridized carbons (Fsp3) is 0.800. The molecule has 0 saturated heterocycles. The lowest BCUT2D eigenvalue weighted by atomic mass is 9.79. The van der Waals surface area contributed by atoms with E-state index in [1.165, 1.54) is 12.7 Å². The van der Waals surface area contributed by atoms with E-state index in [9.17, 15) is 10.2 Å². The van der Waals surface area contributed by atoms with Gasteiger partial charge in [0, 0.05) is 19.8 Å². The largest absolute Gasteiger partial charge is 0.396 e. The van der Waals surface area contributed by atoms with E-state index in [-0.39, 0.29) is 25.7 Å². The molecule has 0 spiro atoms. The number of rotatable bonds is 11. The number of aliphatic hydroxyl groups is 3. The maximum Gasteiger partial charge on any atom is 0.151 e. The first-order valence-electron chi connectivity index (χ1n) is 7.79. The predicted molar refractivity (Wildman–Crippen MR) is 82.7 cm³/mol. The first-order chi connectivity index (χ1) is 10.6. The van der Waals surface area contributed by atoms with Crippen LogP contribution in [0.4, 0.5) is 0 Å². The van der Waals surface area contributed by atoms with Crippen LogP contribution < -0.4 is 5.73 Å². The van der Waals surface area contributed by atoms with Gasteiger partial charge in [0.05, 0.1) is 5.54 Å². The predicted octanol–water partition coefficient (Wildman–Crippen LogP) is 0.205. The van der Waals surface area contributed by atoms with Gasteiger partial charge >= 0.3 is 0 Å². The second-order valence-electron chi connectivity index (χ2n) is 6.03. The first-order valence-corrected chi connectivity index (χ1v) is 7.79. The number of nitrogens with zero attached hydrogens (tertiary/aromatic N) is 3. The Morgan fingerprint density at radius 1 is 1.09 bits per heavy atom. The van der Waals surface area contributed by atoms with E-state index in [1.807, 2.05) is 0 Å². The van der Waals surface area contributed by atoms with Gasteiger partial charge in [0.25, 0.3) is 0 Å². The summed E-state index contributed by atoms with van der Waals surface area (Å²) in [4.78, 5) is 12.1. The zero-order valence-electron chi connectivity index (χ0n) is 13.2. The third kappa shape index (κ3) is 5.92. The summed E-state index contributed by atoms with van der Waals surface area (Å²) < 4.78 is 0. The molecule has 1 heterocycles. The minimum absolute atomic E-state index is 0.0553. The molecule has 1 rings (SSSR count). The quantitative estimate of drug-likeness (QED) is 0.460. The second kappa shape index (κ2) is 9.78. The Morgan fingerprint density at radius 3 is 2.27 bits per heavy atom. The Kier molecular flexibility index (Phi) is 8.40. The van der Waals surface area contributed by atoms with Crippen LogP contribution in [0.25, 0.3) is 0 Å². The van der Waals surface area contributed by atoms with Crippen molar-refractivity contribution in [3.63, 3.8) is 0 Å². The Hall–Kier alpha value is -1.15. The molecule has 7 nitrogen and oxygen atoms in total. The maximum absolute atomic E-state index is 9.34. The van der Waals surface area contributed by atoms with Gasteiger partial charge in [-0.15, -0.1) is 0 Å². The summed E-state index contributed by atoms with van der Waals surface area (Å²) in [6, 6.07) is 0. The highest BCUT2D eigenvalue weighted by atomic mass is 16.3. The van der Waals surface area contributed by atoms with Crippen LogP contribution in [0.3, 0.4) is 0 Å². The van der Waals surface area contributed by atoms with Crippen molar-refractivity contribution in [1.82, 2.24) is 15.0 Å². The van der Waals surface area contributed by atoms with Crippen molar-refractivity contribution in [2.24, 2.45) is 17.6 Å². The molecule has 0 saturated carbocycles. The normalized spacial score (nSPS) is 17.0. The summed E-state index contributed by atoms with van der Waals surface area (Å²) in [5.41, 5.74) is 5.63. The van der Waals surface area contributed by atoms with Gasteiger partial charge < -0.3 is 21.1 Å². The molecule has 0 aromatic carbocycles. The van der Waals surface area contributed by atoms with E-state index in [4.69, 9.17) is 10.8 Å². The molecular weight excluding hydrogens is 284 g/mol. The number of hydrogen-bond donors (Lipinski definition) is 4. The van der Waals surface area contributed by atoms with Crippen LogP contribution in [-0.4, -0.2) is 50.1 Å². The van der Waals surface area contributed by atoms with Crippen LogP contribution >= 0.6 is 0 Å². The van der Waals surface area contributed by atoms with Crippen LogP contribution in [-0.2, 0) is 5.54 Å². The summed E-state index contributed by atoms with van der Waals surface area (Å²) in [7, 11) is 0. The van der Waals surface area contributed by atoms with Crippen molar-refractivity contribution in [1.29, 1.82) is 0 Å².